The normalized spacial score (nSPS) is 10.7. The van der Waals surface area contributed by atoms with Gasteiger partial charge in [-0.05, 0) is 48.9 Å². The molecule has 3 N–H and O–H groups in total. The topological polar surface area (TPSA) is 96.2 Å². The van der Waals surface area contributed by atoms with Crippen molar-refractivity contribution < 1.29 is 14.8 Å². The summed E-state index contributed by atoms with van der Waals surface area (Å²) < 4.78 is 1.92. The number of hydrogen-bond acceptors (Lipinski definition) is 4. The molecule has 0 unspecified atom stereocenters. The van der Waals surface area contributed by atoms with Crippen LogP contribution in [0.15, 0.2) is 67.0 Å². The maximum absolute atomic E-state index is 12.6. The van der Waals surface area contributed by atoms with Gasteiger partial charge < -0.3 is 9.88 Å². The SMILES string of the molecule is Cc1nccn1-c1ccc(C(=O)Nc2ccccc2C=CC(=O)NO)cc1. The van der Waals surface area contributed by atoms with Crippen LogP contribution in [-0.2, 0) is 4.79 Å². The fraction of sp³-hybridized carbons (Fsp3) is 0.0500. The predicted octanol–water partition coefficient (Wildman–Crippen LogP) is 2.95. The van der Waals surface area contributed by atoms with E-state index < -0.39 is 5.91 Å². The highest BCUT2D eigenvalue weighted by Crippen LogP contribution is 2.18. The van der Waals surface area contributed by atoms with Gasteiger partial charge in [0.05, 0.1) is 0 Å². The molecule has 0 bridgehead atoms. The van der Waals surface area contributed by atoms with Gasteiger partial charge in [0.15, 0.2) is 0 Å². The number of carbonyl (C=O) groups is 2. The van der Waals surface area contributed by atoms with Crippen molar-refractivity contribution in [2.45, 2.75) is 6.92 Å². The summed E-state index contributed by atoms with van der Waals surface area (Å²) in [5.74, 6) is -0.0577. The Morgan fingerprint density at radius 3 is 2.52 bits per heavy atom. The Morgan fingerprint density at radius 2 is 1.85 bits per heavy atom. The quantitative estimate of drug-likeness (QED) is 0.369. The summed E-state index contributed by atoms with van der Waals surface area (Å²) in [7, 11) is 0. The van der Waals surface area contributed by atoms with Gasteiger partial charge in [-0.1, -0.05) is 18.2 Å². The summed E-state index contributed by atoms with van der Waals surface area (Å²) in [6, 6.07) is 14.2. The van der Waals surface area contributed by atoms with Crippen LogP contribution in [0.25, 0.3) is 11.8 Å². The van der Waals surface area contributed by atoms with Crippen molar-refractivity contribution >= 4 is 23.6 Å². The van der Waals surface area contributed by atoms with E-state index >= 15 is 0 Å². The predicted molar refractivity (Wildman–Crippen MR) is 102 cm³/mol. The number of nitrogens with one attached hydrogen (secondary N) is 2. The minimum Gasteiger partial charge on any atom is -0.321 e. The van der Waals surface area contributed by atoms with E-state index in [9.17, 15) is 9.59 Å². The van der Waals surface area contributed by atoms with Crippen LogP contribution in [0, 0.1) is 6.92 Å². The number of anilines is 1. The highest BCUT2D eigenvalue weighted by molar-refractivity contribution is 6.05. The molecule has 0 aliphatic heterocycles. The lowest BCUT2D eigenvalue weighted by atomic mass is 10.1. The number of benzene rings is 2. The van der Waals surface area contributed by atoms with Gasteiger partial charge >= 0.3 is 0 Å². The number of nitrogens with zero attached hydrogens (tertiary/aromatic N) is 2. The fourth-order valence-electron chi connectivity index (χ4n) is 2.58. The van der Waals surface area contributed by atoms with Crippen molar-refractivity contribution in [1.82, 2.24) is 15.0 Å². The number of hydroxylamine groups is 1. The number of rotatable bonds is 5. The Morgan fingerprint density at radius 1 is 1.11 bits per heavy atom. The van der Waals surface area contributed by atoms with Crippen molar-refractivity contribution in [2.75, 3.05) is 5.32 Å². The maximum atomic E-state index is 12.6. The number of aryl methyl sites for hydroxylation is 1. The third-order valence-corrected chi connectivity index (χ3v) is 3.97. The molecule has 0 saturated carbocycles. The zero-order chi connectivity index (χ0) is 19.2. The van der Waals surface area contributed by atoms with Gasteiger partial charge in [0, 0.05) is 35.4 Å². The molecule has 1 heterocycles. The summed E-state index contributed by atoms with van der Waals surface area (Å²) in [6.45, 7) is 1.90. The second-order valence-corrected chi connectivity index (χ2v) is 5.74. The van der Waals surface area contributed by atoms with Crippen molar-refractivity contribution in [2.24, 2.45) is 0 Å². The first-order valence-electron chi connectivity index (χ1n) is 8.21. The van der Waals surface area contributed by atoms with Crippen molar-refractivity contribution in [3.05, 3.63) is 84.0 Å². The third-order valence-electron chi connectivity index (χ3n) is 3.97. The van der Waals surface area contributed by atoms with Gasteiger partial charge in [-0.3, -0.25) is 14.8 Å². The van der Waals surface area contributed by atoms with Crippen LogP contribution in [0.3, 0.4) is 0 Å². The zero-order valence-corrected chi connectivity index (χ0v) is 14.6. The molecular weight excluding hydrogens is 344 g/mol. The minimum atomic E-state index is -0.651. The third kappa shape index (κ3) is 4.28. The molecule has 0 aliphatic carbocycles. The number of hydrogen-bond donors (Lipinski definition) is 3. The smallest absolute Gasteiger partial charge is 0.267 e. The van der Waals surface area contributed by atoms with Crippen molar-refractivity contribution in [3.8, 4) is 5.69 Å². The molecule has 1 aromatic heterocycles. The molecule has 0 spiro atoms. The van der Waals surface area contributed by atoms with Gasteiger partial charge in [0.25, 0.3) is 11.8 Å². The number of amides is 2. The molecule has 0 saturated heterocycles. The van der Waals surface area contributed by atoms with E-state index in [0.29, 0.717) is 16.8 Å². The molecule has 3 rings (SSSR count). The molecule has 0 radical (unpaired) electrons. The van der Waals surface area contributed by atoms with Crippen LogP contribution in [0.5, 0.6) is 0 Å². The van der Waals surface area contributed by atoms with E-state index in [1.165, 1.54) is 17.6 Å². The zero-order valence-electron chi connectivity index (χ0n) is 14.6. The molecule has 27 heavy (non-hydrogen) atoms. The lowest BCUT2D eigenvalue weighted by Crippen LogP contribution is -2.15. The average molecular weight is 362 g/mol. The van der Waals surface area contributed by atoms with Gasteiger partial charge in [-0.2, -0.15) is 0 Å². The monoisotopic (exact) mass is 362 g/mol. The Balaban J connectivity index is 1.77. The van der Waals surface area contributed by atoms with Gasteiger partial charge in [-0.15, -0.1) is 0 Å². The molecule has 136 valence electrons. The maximum Gasteiger partial charge on any atom is 0.267 e. The molecule has 3 aromatic rings. The first-order chi connectivity index (χ1) is 13.1. The molecule has 2 amide bonds. The lowest BCUT2D eigenvalue weighted by Gasteiger charge is -2.10. The second-order valence-electron chi connectivity index (χ2n) is 5.74. The molecule has 7 heteroatoms. The van der Waals surface area contributed by atoms with Crippen molar-refractivity contribution in [3.63, 3.8) is 0 Å². The van der Waals surface area contributed by atoms with E-state index in [2.05, 4.69) is 10.3 Å². The second kappa shape index (κ2) is 8.11. The van der Waals surface area contributed by atoms with Crippen LogP contribution in [-0.4, -0.2) is 26.6 Å². The average Bonchev–Trinajstić information content (AvgIpc) is 3.13. The summed E-state index contributed by atoms with van der Waals surface area (Å²) in [5, 5.41) is 11.4. The van der Waals surface area contributed by atoms with Crippen LogP contribution in [0.1, 0.15) is 21.7 Å². The van der Waals surface area contributed by atoms with Gasteiger partial charge in [-0.25, -0.2) is 10.5 Å². The van der Waals surface area contributed by atoms with Gasteiger partial charge in [0.1, 0.15) is 5.82 Å². The molecule has 2 aromatic carbocycles. The number of aromatic nitrogens is 2. The van der Waals surface area contributed by atoms with Crippen LogP contribution >= 0.6 is 0 Å². The number of carbonyl (C=O) groups excluding carboxylic acids is 2. The Labute approximate surface area is 155 Å². The highest BCUT2D eigenvalue weighted by Gasteiger charge is 2.09. The first-order valence-corrected chi connectivity index (χ1v) is 8.21. The van der Waals surface area contributed by atoms with E-state index in [-0.39, 0.29) is 5.91 Å². The standard InChI is InChI=1S/C20H18N4O3/c1-14-21-12-13-24(14)17-9-6-16(7-10-17)20(26)22-18-5-3-2-4-15(18)8-11-19(25)23-27/h2-13,27H,1H3,(H,22,26)(H,23,25). The largest absolute Gasteiger partial charge is 0.321 e. The number of para-hydroxylation sites is 1. The highest BCUT2D eigenvalue weighted by atomic mass is 16.5. The molecular formula is C20H18N4O3. The summed E-state index contributed by atoms with van der Waals surface area (Å²) in [4.78, 5) is 27.9. The van der Waals surface area contributed by atoms with E-state index in [1.807, 2.05) is 29.8 Å². The summed E-state index contributed by atoms with van der Waals surface area (Å²) >= 11 is 0. The lowest BCUT2D eigenvalue weighted by molar-refractivity contribution is -0.124. The van der Waals surface area contributed by atoms with Gasteiger partial charge in [0.2, 0.25) is 0 Å². The minimum absolute atomic E-state index is 0.267. The van der Waals surface area contributed by atoms with E-state index in [4.69, 9.17) is 5.21 Å². The van der Waals surface area contributed by atoms with Crippen LogP contribution in [0.4, 0.5) is 5.69 Å². The molecule has 7 nitrogen and oxygen atoms in total. The Bertz CT molecular complexity index is 990. The molecule has 0 atom stereocenters. The van der Waals surface area contributed by atoms with E-state index in [0.717, 1.165) is 11.5 Å². The fourth-order valence-corrected chi connectivity index (χ4v) is 2.58. The Kier molecular flexibility index (Phi) is 5.44. The van der Waals surface area contributed by atoms with E-state index in [1.54, 1.807) is 42.6 Å². The summed E-state index contributed by atoms with van der Waals surface area (Å²) in [6.07, 6.45) is 6.26. The van der Waals surface area contributed by atoms with Crippen molar-refractivity contribution in [1.29, 1.82) is 0 Å². The Hall–Kier alpha value is -3.71. The number of imidazole rings is 1. The summed E-state index contributed by atoms with van der Waals surface area (Å²) in [5.41, 5.74) is 4.14. The first kappa shape index (κ1) is 18.1. The molecule has 0 fully saturated rings. The molecule has 0 aliphatic rings. The van der Waals surface area contributed by atoms with Crippen LogP contribution < -0.4 is 10.8 Å². The van der Waals surface area contributed by atoms with Crippen LogP contribution in [0.2, 0.25) is 0 Å².